The standard InChI is InChI=1S/C12H9N5O2/c13-12-10(7-3-5-14-6-4-7)11(19-17-12)8-1-2-9(18)16-15-8/h1-6H,(H2,13,17)(H,16,18). The van der Waals surface area contributed by atoms with Crippen molar-refractivity contribution < 1.29 is 4.52 Å². The smallest absolute Gasteiger partial charge is 0.264 e. The Labute approximate surface area is 107 Å². The van der Waals surface area contributed by atoms with E-state index < -0.39 is 0 Å². The van der Waals surface area contributed by atoms with E-state index >= 15 is 0 Å². The zero-order valence-corrected chi connectivity index (χ0v) is 9.70. The minimum absolute atomic E-state index is 0.259. The van der Waals surface area contributed by atoms with Crippen LogP contribution in [0.2, 0.25) is 0 Å². The molecule has 94 valence electrons. The predicted octanol–water partition coefficient (Wildman–Crippen LogP) is 1.07. The number of aromatic amines is 1. The molecular formula is C12H9N5O2. The molecule has 3 heterocycles. The number of anilines is 1. The van der Waals surface area contributed by atoms with Gasteiger partial charge in [0.2, 0.25) is 0 Å². The van der Waals surface area contributed by atoms with Crippen molar-refractivity contribution in [3.05, 3.63) is 47.0 Å². The number of nitrogen functional groups attached to an aromatic ring is 1. The number of hydrogen-bond donors (Lipinski definition) is 2. The van der Waals surface area contributed by atoms with Gasteiger partial charge in [-0.05, 0) is 23.8 Å². The maximum absolute atomic E-state index is 11.0. The quantitative estimate of drug-likeness (QED) is 0.708. The zero-order valence-electron chi connectivity index (χ0n) is 9.70. The Morgan fingerprint density at radius 2 is 1.95 bits per heavy atom. The lowest BCUT2D eigenvalue weighted by Crippen LogP contribution is -2.05. The minimum Gasteiger partial charge on any atom is -0.380 e. The van der Waals surface area contributed by atoms with Crippen molar-refractivity contribution in [3.8, 4) is 22.6 Å². The third-order valence-electron chi connectivity index (χ3n) is 2.60. The van der Waals surface area contributed by atoms with Gasteiger partial charge in [-0.1, -0.05) is 5.16 Å². The zero-order chi connectivity index (χ0) is 13.2. The second kappa shape index (κ2) is 4.37. The molecule has 0 fully saturated rings. The second-order valence-corrected chi connectivity index (χ2v) is 3.81. The molecule has 0 aliphatic heterocycles. The molecule has 7 nitrogen and oxygen atoms in total. The van der Waals surface area contributed by atoms with Gasteiger partial charge in [-0.3, -0.25) is 9.78 Å². The number of H-pyrrole nitrogens is 1. The fourth-order valence-electron chi connectivity index (χ4n) is 1.75. The highest BCUT2D eigenvalue weighted by Crippen LogP contribution is 2.34. The van der Waals surface area contributed by atoms with Crippen LogP contribution >= 0.6 is 0 Å². The lowest BCUT2D eigenvalue weighted by Gasteiger charge is -2.00. The number of rotatable bonds is 2. The van der Waals surface area contributed by atoms with Gasteiger partial charge in [-0.2, -0.15) is 5.10 Å². The van der Waals surface area contributed by atoms with Crippen molar-refractivity contribution in [2.45, 2.75) is 0 Å². The Balaban J connectivity index is 2.19. The van der Waals surface area contributed by atoms with E-state index in [1.54, 1.807) is 30.6 Å². The first-order valence-corrected chi connectivity index (χ1v) is 5.47. The van der Waals surface area contributed by atoms with Crippen LogP contribution in [0.1, 0.15) is 0 Å². The summed E-state index contributed by atoms with van der Waals surface area (Å²) < 4.78 is 5.20. The van der Waals surface area contributed by atoms with Crippen molar-refractivity contribution >= 4 is 5.82 Å². The Kier molecular flexibility index (Phi) is 2.57. The summed E-state index contributed by atoms with van der Waals surface area (Å²) >= 11 is 0. The molecule has 0 saturated heterocycles. The van der Waals surface area contributed by atoms with Crippen molar-refractivity contribution in [2.24, 2.45) is 0 Å². The molecule has 0 unspecified atom stereocenters. The molecular weight excluding hydrogens is 246 g/mol. The molecule has 3 rings (SSSR count). The summed E-state index contributed by atoms with van der Waals surface area (Å²) in [6.45, 7) is 0. The molecule has 0 amide bonds. The van der Waals surface area contributed by atoms with Crippen molar-refractivity contribution in [1.82, 2.24) is 20.3 Å². The average molecular weight is 255 g/mol. The van der Waals surface area contributed by atoms with Crippen molar-refractivity contribution in [2.75, 3.05) is 5.73 Å². The van der Waals surface area contributed by atoms with Crippen molar-refractivity contribution in [1.29, 1.82) is 0 Å². The van der Waals surface area contributed by atoms with Gasteiger partial charge in [-0.25, -0.2) is 5.10 Å². The Hall–Kier alpha value is -2.96. The summed E-state index contributed by atoms with van der Waals surface area (Å²) in [5.41, 5.74) is 7.42. The number of hydrogen-bond acceptors (Lipinski definition) is 6. The molecule has 0 saturated carbocycles. The minimum atomic E-state index is -0.290. The first-order valence-electron chi connectivity index (χ1n) is 5.47. The molecule has 3 aromatic rings. The molecule has 0 radical (unpaired) electrons. The summed E-state index contributed by atoms with van der Waals surface area (Å²) in [5.74, 6) is 0.661. The monoisotopic (exact) mass is 255 g/mol. The van der Waals surface area contributed by atoms with E-state index in [2.05, 4.69) is 20.3 Å². The van der Waals surface area contributed by atoms with Crippen LogP contribution in [0.4, 0.5) is 5.82 Å². The Morgan fingerprint density at radius 3 is 2.63 bits per heavy atom. The number of aromatic nitrogens is 4. The first kappa shape index (κ1) is 11.1. The van der Waals surface area contributed by atoms with Gasteiger partial charge in [0.15, 0.2) is 11.6 Å². The van der Waals surface area contributed by atoms with Crippen LogP contribution in [0.5, 0.6) is 0 Å². The van der Waals surface area contributed by atoms with Gasteiger partial charge in [-0.15, -0.1) is 0 Å². The largest absolute Gasteiger partial charge is 0.380 e. The lowest BCUT2D eigenvalue weighted by molar-refractivity contribution is 0.434. The van der Waals surface area contributed by atoms with Crippen molar-refractivity contribution in [3.63, 3.8) is 0 Å². The average Bonchev–Trinajstić information content (AvgIpc) is 2.82. The summed E-state index contributed by atoms with van der Waals surface area (Å²) in [7, 11) is 0. The maximum Gasteiger partial charge on any atom is 0.264 e. The van der Waals surface area contributed by atoms with Gasteiger partial charge in [0, 0.05) is 18.5 Å². The van der Waals surface area contributed by atoms with E-state index in [4.69, 9.17) is 10.3 Å². The van der Waals surface area contributed by atoms with Crippen LogP contribution in [0, 0.1) is 0 Å². The molecule has 0 aliphatic carbocycles. The molecule has 0 bridgehead atoms. The normalized spacial score (nSPS) is 10.5. The highest BCUT2D eigenvalue weighted by molar-refractivity contribution is 5.85. The van der Waals surface area contributed by atoms with Gasteiger partial charge >= 0.3 is 0 Å². The lowest BCUT2D eigenvalue weighted by atomic mass is 10.1. The van der Waals surface area contributed by atoms with Crippen LogP contribution in [0.25, 0.3) is 22.6 Å². The summed E-state index contributed by atoms with van der Waals surface area (Å²) in [6.07, 6.45) is 3.29. The molecule has 3 aromatic heterocycles. The molecule has 0 aliphatic rings. The van der Waals surface area contributed by atoms with Crippen LogP contribution < -0.4 is 11.3 Å². The first-order chi connectivity index (χ1) is 9.25. The van der Waals surface area contributed by atoms with Crippen LogP contribution in [0.3, 0.4) is 0 Å². The number of nitrogens with two attached hydrogens (primary N) is 1. The molecule has 0 atom stereocenters. The molecule has 0 spiro atoms. The SMILES string of the molecule is Nc1noc(-c2ccc(=O)[nH]n2)c1-c1ccncc1. The maximum atomic E-state index is 11.0. The van der Waals surface area contributed by atoms with E-state index in [0.29, 0.717) is 17.0 Å². The van der Waals surface area contributed by atoms with E-state index in [0.717, 1.165) is 5.56 Å². The fraction of sp³-hybridized carbons (Fsp3) is 0. The fourth-order valence-corrected chi connectivity index (χ4v) is 1.75. The van der Waals surface area contributed by atoms with Gasteiger partial charge in [0.25, 0.3) is 5.56 Å². The molecule has 19 heavy (non-hydrogen) atoms. The Bertz CT molecular complexity index is 743. The van der Waals surface area contributed by atoms with Crippen LogP contribution in [-0.2, 0) is 0 Å². The van der Waals surface area contributed by atoms with Crippen LogP contribution in [0.15, 0.2) is 46.0 Å². The third-order valence-corrected chi connectivity index (χ3v) is 2.60. The molecule has 0 aromatic carbocycles. The summed E-state index contributed by atoms with van der Waals surface area (Å²) in [6, 6.07) is 6.48. The third kappa shape index (κ3) is 1.97. The second-order valence-electron chi connectivity index (χ2n) is 3.81. The Morgan fingerprint density at radius 1 is 1.16 bits per heavy atom. The summed E-state index contributed by atoms with van der Waals surface area (Å²) in [5, 5.41) is 9.99. The number of nitrogens with one attached hydrogen (secondary N) is 1. The van der Waals surface area contributed by atoms with Gasteiger partial charge < -0.3 is 10.3 Å². The number of pyridine rings is 1. The van der Waals surface area contributed by atoms with E-state index in [-0.39, 0.29) is 11.4 Å². The van der Waals surface area contributed by atoms with Gasteiger partial charge in [0.1, 0.15) is 5.69 Å². The van der Waals surface area contributed by atoms with E-state index in [1.807, 2.05) is 0 Å². The van der Waals surface area contributed by atoms with E-state index in [1.165, 1.54) is 6.07 Å². The predicted molar refractivity (Wildman–Crippen MR) is 68.0 cm³/mol. The summed E-state index contributed by atoms with van der Waals surface area (Å²) in [4.78, 5) is 15.0. The molecule has 3 N–H and O–H groups in total. The van der Waals surface area contributed by atoms with Gasteiger partial charge in [0.05, 0.1) is 5.56 Å². The topological polar surface area (TPSA) is 111 Å². The molecule has 7 heteroatoms. The number of nitrogens with zero attached hydrogens (tertiary/aromatic N) is 3. The highest BCUT2D eigenvalue weighted by atomic mass is 16.5. The van der Waals surface area contributed by atoms with Crippen LogP contribution in [-0.4, -0.2) is 20.3 Å². The van der Waals surface area contributed by atoms with E-state index in [9.17, 15) is 4.79 Å². The highest BCUT2D eigenvalue weighted by Gasteiger charge is 2.18.